The van der Waals surface area contributed by atoms with Gasteiger partial charge in [-0.3, -0.25) is 4.79 Å². The van der Waals surface area contributed by atoms with E-state index < -0.39 is 0 Å². The van der Waals surface area contributed by atoms with Gasteiger partial charge in [-0.25, -0.2) is 0 Å². The molecule has 2 aromatic carbocycles. The average Bonchev–Trinajstić information content (AvgIpc) is 2.83. The molecule has 0 aliphatic heterocycles. The summed E-state index contributed by atoms with van der Waals surface area (Å²) in [6.07, 6.45) is 3.91. The smallest absolute Gasteiger partial charge is 0.139 e. The first kappa shape index (κ1) is 13.1. The zero-order valence-corrected chi connectivity index (χ0v) is 11.7. The lowest BCUT2D eigenvalue weighted by molar-refractivity contribution is -0.123. The van der Waals surface area contributed by atoms with Gasteiger partial charge in [0.2, 0.25) is 0 Å². The minimum absolute atomic E-state index is 0.228. The lowest BCUT2D eigenvalue weighted by Crippen LogP contribution is -2.17. The second kappa shape index (κ2) is 6.04. The maximum atomic E-state index is 12.5. The molecule has 102 valence electrons. The van der Waals surface area contributed by atoms with E-state index >= 15 is 0 Å². The van der Waals surface area contributed by atoms with Crippen molar-refractivity contribution in [1.29, 1.82) is 0 Å². The lowest BCUT2D eigenvalue weighted by atomic mass is 9.92. The van der Waals surface area contributed by atoms with Gasteiger partial charge in [-0.2, -0.15) is 0 Å². The SMILES string of the molecule is O=C1[C@@H](Cc2ccccc2)CC[C@@H]1Cc1ccccc1. The van der Waals surface area contributed by atoms with E-state index in [9.17, 15) is 4.79 Å². The maximum absolute atomic E-state index is 12.5. The van der Waals surface area contributed by atoms with Gasteiger partial charge in [-0.1, -0.05) is 60.7 Å². The molecule has 0 amide bonds. The van der Waals surface area contributed by atoms with Gasteiger partial charge in [0.15, 0.2) is 0 Å². The predicted octanol–water partition coefficient (Wildman–Crippen LogP) is 4.07. The van der Waals surface area contributed by atoms with E-state index in [0.29, 0.717) is 5.78 Å². The summed E-state index contributed by atoms with van der Waals surface area (Å²) in [6, 6.07) is 20.8. The Morgan fingerprint density at radius 3 is 1.50 bits per heavy atom. The third-order valence-electron chi connectivity index (χ3n) is 4.32. The highest BCUT2D eigenvalue weighted by molar-refractivity contribution is 5.85. The van der Waals surface area contributed by atoms with Gasteiger partial charge in [-0.15, -0.1) is 0 Å². The van der Waals surface area contributed by atoms with Crippen LogP contribution in [0.15, 0.2) is 60.7 Å². The number of rotatable bonds is 4. The van der Waals surface area contributed by atoms with E-state index in [4.69, 9.17) is 0 Å². The van der Waals surface area contributed by atoms with Crippen LogP contribution < -0.4 is 0 Å². The average molecular weight is 264 g/mol. The molecule has 1 fully saturated rings. The van der Waals surface area contributed by atoms with Crippen molar-refractivity contribution >= 4 is 5.78 Å². The zero-order chi connectivity index (χ0) is 13.8. The van der Waals surface area contributed by atoms with Crippen LogP contribution in [0, 0.1) is 11.8 Å². The molecule has 1 aliphatic carbocycles. The molecule has 2 aromatic rings. The highest BCUT2D eigenvalue weighted by Gasteiger charge is 2.33. The summed E-state index contributed by atoms with van der Waals surface area (Å²) in [5, 5.41) is 0. The second-order valence-corrected chi connectivity index (χ2v) is 5.75. The van der Waals surface area contributed by atoms with Gasteiger partial charge in [-0.05, 0) is 36.8 Å². The molecule has 0 radical (unpaired) electrons. The van der Waals surface area contributed by atoms with Gasteiger partial charge in [0.25, 0.3) is 0 Å². The number of benzene rings is 2. The monoisotopic (exact) mass is 264 g/mol. The van der Waals surface area contributed by atoms with Crippen molar-refractivity contribution in [1.82, 2.24) is 0 Å². The van der Waals surface area contributed by atoms with Crippen LogP contribution in [0.2, 0.25) is 0 Å². The van der Waals surface area contributed by atoms with Gasteiger partial charge >= 0.3 is 0 Å². The van der Waals surface area contributed by atoms with Gasteiger partial charge < -0.3 is 0 Å². The van der Waals surface area contributed by atoms with Crippen molar-refractivity contribution < 1.29 is 4.79 Å². The fourth-order valence-electron chi connectivity index (χ4n) is 3.22. The molecule has 1 aliphatic rings. The first-order chi connectivity index (χ1) is 9.83. The molecule has 2 atom stereocenters. The molecular weight excluding hydrogens is 244 g/mol. The fraction of sp³-hybridized carbons (Fsp3) is 0.316. The van der Waals surface area contributed by atoms with E-state index in [1.807, 2.05) is 12.1 Å². The minimum Gasteiger partial charge on any atom is -0.299 e. The van der Waals surface area contributed by atoms with Crippen LogP contribution in [0.1, 0.15) is 24.0 Å². The molecule has 0 bridgehead atoms. The normalized spacial score (nSPS) is 22.1. The number of hydrogen-bond acceptors (Lipinski definition) is 1. The van der Waals surface area contributed by atoms with Gasteiger partial charge in [0, 0.05) is 11.8 Å². The zero-order valence-electron chi connectivity index (χ0n) is 11.7. The van der Waals surface area contributed by atoms with Crippen molar-refractivity contribution in [3.63, 3.8) is 0 Å². The first-order valence-electron chi connectivity index (χ1n) is 7.44. The van der Waals surface area contributed by atoms with Crippen molar-refractivity contribution in [2.24, 2.45) is 11.8 Å². The Hall–Kier alpha value is -1.89. The van der Waals surface area contributed by atoms with Crippen LogP contribution in [0.5, 0.6) is 0 Å². The van der Waals surface area contributed by atoms with Crippen molar-refractivity contribution in [3.05, 3.63) is 71.8 Å². The van der Waals surface area contributed by atoms with E-state index in [1.54, 1.807) is 0 Å². The molecule has 1 saturated carbocycles. The molecule has 0 saturated heterocycles. The number of hydrogen-bond donors (Lipinski definition) is 0. The molecular formula is C19H20O. The van der Waals surface area contributed by atoms with E-state index in [1.165, 1.54) is 11.1 Å². The molecule has 0 aromatic heterocycles. The summed E-state index contributed by atoms with van der Waals surface area (Å²) in [6.45, 7) is 0. The van der Waals surface area contributed by atoms with Crippen LogP contribution in [0.4, 0.5) is 0 Å². The van der Waals surface area contributed by atoms with Crippen LogP contribution >= 0.6 is 0 Å². The Kier molecular flexibility index (Phi) is 3.96. The second-order valence-electron chi connectivity index (χ2n) is 5.75. The highest BCUT2D eigenvalue weighted by atomic mass is 16.1. The number of carbonyl (C=O) groups is 1. The first-order valence-corrected chi connectivity index (χ1v) is 7.44. The highest BCUT2D eigenvalue weighted by Crippen LogP contribution is 2.32. The molecule has 1 heteroatoms. The van der Waals surface area contributed by atoms with Crippen LogP contribution in [0.25, 0.3) is 0 Å². The summed E-state index contributed by atoms with van der Waals surface area (Å²) >= 11 is 0. The van der Waals surface area contributed by atoms with Gasteiger partial charge in [0.05, 0.1) is 0 Å². The third kappa shape index (κ3) is 2.98. The van der Waals surface area contributed by atoms with Crippen LogP contribution in [0.3, 0.4) is 0 Å². The minimum atomic E-state index is 0.228. The summed E-state index contributed by atoms with van der Waals surface area (Å²) in [5.74, 6) is 0.926. The third-order valence-corrected chi connectivity index (χ3v) is 4.32. The topological polar surface area (TPSA) is 17.1 Å². The Morgan fingerprint density at radius 1 is 0.700 bits per heavy atom. The Balaban J connectivity index is 1.62. The Morgan fingerprint density at radius 2 is 1.10 bits per heavy atom. The lowest BCUT2D eigenvalue weighted by Gasteiger charge is -2.11. The number of ketones is 1. The molecule has 3 rings (SSSR count). The molecule has 0 spiro atoms. The molecule has 1 nitrogen and oxygen atoms in total. The quantitative estimate of drug-likeness (QED) is 0.813. The van der Waals surface area contributed by atoms with E-state index in [-0.39, 0.29) is 11.8 Å². The van der Waals surface area contributed by atoms with Gasteiger partial charge in [0.1, 0.15) is 5.78 Å². The van der Waals surface area contributed by atoms with E-state index in [0.717, 1.165) is 25.7 Å². The summed E-state index contributed by atoms with van der Waals surface area (Å²) < 4.78 is 0. The molecule has 0 unspecified atom stereocenters. The Labute approximate surface area is 120 Å². The largest absolute Gasteiger partial charge is 0.299 e. The number of carbonyl (C=O) groups excluding carboxylic acids is 1. The summed E-state index contributed by atoms with van der Waals surface area (Å²) in [5.41, 5.74) is 2.57. The fourth-order valence-corrected chi connectivity index (χ4v) is 3.22. The summed E-state index contributed by atoms with van der Waals surface area (Å²) in [7, 11) is 0. The van der Waals surface area contributed by atoms with E-state index in [2.05, 4.69) is 48.5 Å². The maximum Gasteiger partial charge on any atom is 0.139 e. The van der Waals surface area contributed by atoms with Crippen molar-refractivity contribution in [2.45, 2.75) is 25.7 Å². The standard InChI is InChI=1S/C19H20O/c20-19-17(13-15-7-3-1-4-8-15)11-12-18(19)14-16-9-5-2-6-10-16/h1-10,17-18H,11-14H2/t17-,18-/m1/s1. The number of Topliss-reactive ketones (excluding diaryl/α,β-unsaturated/α-hetero) is 1. The van der Waals surface area contributed by atoms with Crippen LogP contribution in [-0.2, 0) is 17.6 Å². The van der Waals surface area contributed by atoms with Crippen LogP contribution in [-0.4, -0.2) is 5.78 Å². The molecule has 20 heavy (non-hydrogen) atoms. The predicted molar refractivity (Wildman–Crippen MR) is 81.5 cm³/mol. The molecule has 0 heterocycles. The summed E-state index contributed by atoms with van der Waals surface area (Å²) in [4.78, 5) is 12.5. The Bertz CT molecular complexity index is 507. The van der Waals surface area contributed by atoms with Crippen molar-refractivity contribution in [2.75, 3.05) is 0 Å². The molecule has 0 N–H and O–H groups in total. The van der Waals surface area contributed by atoms with Crippen molar-refractivity contribution in [3.8, 4) is 0 Å².